The fourth-order valence-corrected chi connectivity index (χ4v) is 2.33. The first kappa shape index (κ1) is 13.7. The van der Waals surface area contributed by atoms with E-state index in [1.165, 1.54) is 0 Å². The van der Waals surface area contributed by atoms with Gasteiger partial charge in [0.1, 0.15) is 0 Å². The maximum Gasteiger partial charge on any atom is 0.422 e. The van der Waals surface area contributed by atoms with Gasteiger partial charge in [-0.1, -0.05) is 12.8 Å². The number of unbranched alkanes of at least 4 members (excludes halogenated alkanes) is 1. The van der Waals surface area contributed by atoms with E-state index in [4.69, 9.17) is 0 Å². The Morgan fingerprint density at radius 2 is 2.00 bits per heavy atom. The second kappa shape index (κ2) is 5.34. The van der Waals surface area contributed by atoms with Crippen LogP contribution in [0.25, 0.3) is 0 Å². The molecule has 0 aliphatic heterocycles. The molecule has 0 amide bonds. The maximum absolute atomic E-state index is 13.5. The first-order valence-corrected chi connectivity index (χ1v) is 5.79. The van der Waals surface area contributed by atoms with Crippen molar-refractivity contribution >= 4 is 0 Å². The molecule has 2 unspecified atom stereocenters. The molecule has 0 aromatic heterocycles. The van der Waals surface area contributed by atoms with Crippen LogP contribution in [-0.4, -0.2) is 25.4 Å². The molecule has 1 aliphatic rings. The van der Waals surface area contributed by atoms with Gasteiger partial charge in [-0.15, -0.1) is 0 Å². The average molecular weight is 241 g/mol. The molecule has 0 heterocycles. The van der Waals surface area contributed by atoms with Crippen molar-refractivity contribution in [1.82, 2.24) is 5.32 Å². The second-order valence-corrected chi connectivity index (χ2v) is 4.67. The van der Waals surface area contributed by atoms with Gasteiger partial charge in [-0.3, -0.25) is 0 Å². The second-order valence-electron chi connectivity index (χ2n) is 4.67. The molecule has 0 bridgehead atoms. The molecule has 0 spiro atoms. The summed E-state index contributed by atoms with van der Waals surface area (Å²) in [5.74, 6) is -0.0940. The lowest BCUT2D eigenvalue weighted by molar-refractivity contribution is -0.228. The van der Waals surface area contributed by atoms with Crippen LogP contribution < -0.4 is 5.32 Å². The summed E-state index contributed by atoms with van der Waals surface area (Å²) >= 11 is 0. The molecule has 0 aromatic carbocycles. The zero-order valence-corrected chi connectivity index (χ0v) is 9.54. The quantitative estimate of drug-likeness (QED) is 0.574. The average Bonchev–Trinajstić information content (AvgIpc) is 2.56. The van der Waals surface area contributed by atoms with Crippen LogP contribution >= 0.6 is 0 Å². The van der Waals surface area contributed by atoms with Gasteiger partial charge in [-0.2, -0.15) is 13.2 Å². The maximum atomic E-state index is 13.5. The summed E-state index contributed by atoms with van der Waals surface area (Å²) in [6, 6.07) is 0. The summed E-state index contributed by atoms with van der Waals surface area (Å²) in [4.78, 5) is 0. The molecule has 0 aromatic rings. The van der Waals surface area contributed by atoms with E-state index in [0.717, 1.165) is 19.4 Å². The molecular weight excluding hydrogens is 222 g/mol. The van der Waals surface area contributed by atoms with Crippen LogP contribution in [0.4, 0.5) is 17.6 Å². The van der Waals surface area contributed by atoms with E-state index < -0.39 is 11.8 Å². The molecular formula is C11H19F4N. The molecule has 5 heteroatoms. The smallest absolute Gasteiger partial charge is 0.320 e. The number of rotatable bonds is 5. The van der Waals surface area contributed by atoms with Gasteiger partial charge >= 0.3 is 6.18 Å². The highest BCUT2D eigenvalue weighted by atomic mass is 19.4. The minimum Gasteiger partial charge on any atom is -0.320 e. The molecule has 2 atom stereocenters. The van der Waals surface area contributed by atoms with Crippen LogP contribution in [0.1, 0.15) is 38.5 Å². The Bertz CT molecular complexity index is 217. The Morgan fingerprint density at radius 3 is 2.50 bits per heavy atom. The zero-order valence-electron chi connectivity index (χ0n) is 9.54. The molecule has 1 N–H and O–H groups in total. The van der Waals surface area contributed by atoms with Crippen LogP contribution in [0.2, 0.25) is 0 Å². The molecule has 0 radical (unpaired) electrons. The van der Waals surface area contributed by atoms with Gasteiger partial charge in [0.05, 0.1) is 0 Å². The van der Waals surface area contributed by atoms with Gasteiger partial charge in [-0.25, -0.2) is 4.39 Å². The molecule has 1 saturated carbocycles. The third-order valence-electron chi connectivity index (χ3n) is 3.36. The normalized spacial score (nSPS) is 30.9. The number of alkyl halides is 4. The highest BCUT2D eigenvalue weighted by Gasteiger charge is 2.58. The van der Waals surface area contributed by atoms with E-state index >= 15 is 0 Å². The lowest BCUT2D eigenvalue weighted by Gasteiger charge is -2.23. The van der Waals surface area contributed by atoms with Gasteiger partial charge in [0, 0.05) is 0 Å². The third kappa shape index (κ3) is 3.34. The van der Waals surface area contributed by atoms with Crippen molar-refractivity contribution in [2.75, 3.05) is 13.6 Å². The first-order valence-electron chi connectivity index (χ1n) is 5.79. The minimum absolute atomic E-state index is 0.0940. The molecule has 0 saturated heterocycles. The van der Waals surface area contributed by atoms with E-state index in [1.807, 2.05) is 7.05 Å². The summed E-state index contributed by atoms with van der Waals surface area (Å²) in [6.45, 7) is 0.868. The van der Waals surface area contributed by atoms with Gasteiger partial charge in [-0.05, 0) is 45.2 Å². The summed E-state index contributed by atoms with van der Waals surface area (Å²) in [5.41, 5.74) is -2.92. The van der Waals surface area contributed by atoms with Crippen molar-refractivity contribution in [3.8, 4) is 0 Å². The Morgan fingerprint density at radius 1 is 1.31 bits per heavy atom. The zero-order chi connectivity index (χ0) is 12.2. The van der Waals surface area contributed by atoms with Crippen LogP contribution in [0.5, 0.6) is 0 Å². The van der Waals surface area contributed by atoms with E-state index in [2.05, 4.69) is 5.32 Å². The summed E-state index contributed by atoms with van der Waals surface area (Å²) in [5, 5.41) is 2.98. The molecule has 1 fully saturated rings. The van der Waals surface area contributed by atoms with Crippen molar-refractivity contribution in [3.63, 3.8) is 0 Å². The SMILES string of the molecule is CNCCCCC1CCC(F)(C(F)(F)F)C1. The van der Waals surface area contributed by atoms with Gasteiger partial charge < -0.3 is 5.32 Å². The van der Waals surface area contributed by atoms with Crippen molar-refractivity contribution in [3.05, 3.63) is 0 Å². The summed E-state index contributed by atoms with van der Waals surface area (Å²) in [6.07, 6.45) is -2.48. The first-order chi connectivity index (χ1) is 7.39. The fourth-order valence-electron chi connectivity index (χ4n) is 2.33. The Kier molecular flexibility index (Phi) is 4.59. The summed E-state index contributed by atoms with van der Waals surface area (Å²) < 4.78 is 50.6. The molecule has 1 aliphatic carbocycles. The predicted octanol–water partition coefficient (Wildman–Crippen LogP) is 3.45. The monoisotopic (exact) mass is 241 g/mol. The minimum atomic E-state index is -4.69. The molecule has 16 heavy (non-hydrogen) atoms. The Labute approximate surface area is 93.6 Å². The van der Waals surface area contributed by atoms with Crippen molar-refractivity contribution in [2.45, 2.75) is 50.4 Å². The largest absolute Gasteiger partial charge is 0.422 e. The van der Waals surface area contributed by atoms with E-state index in [1.54, 1.807) is 0 Å². The van der Waals surface area contributed by atoms with Crippen LogP contribution in [0, 0.1) is 5.92 Å². The number of halogens is 4. The van der Waals surface area contributed by atoms with Gasteiger partial charge in [0.25, 0.3) is 0 Å². The van der Waals surface area contributed by atoms with E-state index in [0.29, 0.717) is 12.8 Å². The lowest BCUT2D eigenvalue weighted by Crippen LogP contribution is -2.38. The van der Waals surface area contributed by atoms with Crippen LogP contribution in [-0.2, 0) is 0 Å². The van der Waals surface area contributed by atoms with Crippen molar-refractivity contribution in [2.24, 2.45) is 5.92 Å². The van der Waals surface area contributed by atoms with E-state index in [9.17, 15) is 17.6 Å². The number of hydrogen-bond donors (Lipinski definition) is 1. The third-order valence-corrected chi connectivity index (χ3v) is 3.36. The Hall–Kier alpha value is -0.320. The Balaban J connectivity index is 2.30. The van der Waals surface area contributed by atoms with Crippen molar-refractivity contribution in [1.29, 1.82) is 0 Å². The predicted molar refractivity (Wildman–Crippen MR) is 55.0 cm³/mol. The molecule has 1 nitrogen and oxygen atoms in total. The van der Waals surface area contributed by atoms with Crippen LogP contribution in [0.15, 0.2) is 0 Å². The topological polar surface area (TPSA) is 12.0 Å². The molecule has 1 rings (SSSR count). The lowest BCUT2D eigenvalue weighted by atomic mass is 9.97. The van der Waals surface area contributed by atoms with Crippen molar-refractivity contribution < 1.29 is 17.6 Å². The van der Waals surface area contributed by atoms with Gasteiger partial charge in [0.2, 0.25) is 5.67 Å². The van der Waals surface area contributed by atoms with Crippen LogP contribution in [0.3, 0.4) is 0 Å². The standard InChI is InChI=1S/C11H19F4N/c1-16-7-3-2-4-9-5-6-10(12,8-9)11(13,14)15/h9,16H,2-8H2,1H3. The highest BCUT2D eigenvalue weighted by molar-refractivity contribution is 4.95. The van der Waals surface area contributed by atoms with Gasteiger partial charge in [0.15, 0.2) is 0 Å². The van der Waals surface area contributed by atoms with E-state index in [-0.39, 0.29) is 18.8 Å². The number of nitrogens with one attached hydrogen (secondary N) is 1. The summed E-state index contributed by atoms with van der Waals surface area (Å²) in [7, 11) is 1.84. The molecule has 96 valence electrons. The highest BCUT2D eigenvalue weighted by Crippen LogP contribution is 2.49. The fraction of sp³-hybridized carbons (Fsp3) is 1.00. The number of hydrogen-bond acceptors (Lipinski definition) is 1.